The molecule has 0 aromatic carbocycles. The first-order chi connectivity index (χ1) is 7.04. The molecule has 0 rings (SSSR count). The van der Waals surface area contributed by atoms with Crippen LogP contribution in [-0.4, -0.2) is 35.4 Å². The van der Waals surface area contributed by atoms with Crippen molar-refractivity contribution in [3.63, 3.8) is 0 Å². The molecule has 0 bridgehead atoms. The van der Waals surface area contributed by atoms with E-state index in [1.54, 1.807) is 18.9 Å². The van der Waals surface area contributed by atoms with E-state index in [1.807, 2.05) is 0 Å². The molecule has 5 heteroatoms. The van der Waals surface area contributed by atoms with E-state index in [0.717, 1.165) is 25.8 Å². The van der Waals surface area contributed by atoms with Crippen LogP contribution in [0.15, 0.2) is 5.16 Å². The van der Waals surface area contributed by atoms with Crippen LogP contribution < -0.4 is 5.73 Å². The van der Waals surface area contributed by atoms with Crippen molar-refractivity contribution in [3.8, 4) is 0 Å². The molecule has 0 saturated heterocycles. The first kappa shape index (κ1) is 13.7. The van der Waals surface area contributed by atoms with Crippen molar-refractivity contribution in [3.05, 3.63) is 0 Å². The van der Waals surface area contributed by atoms with Gasteiger partial charge in [-0.15, -0.1) is 0 Å². The number of oxime groups is 1. The quantitative estimate of drug-likeness (QED) is 0.228. The van der Waals surface area contributed by atoms with Crippen molar-refractivity contribution >= 4 is 11.7 Å². The Kier molecular flexibility index (Phi) is 6.49. The predicted octanol–water partition coefficient (Wildman–Crippen LogP) is 1.02. The van der Waals surface area contributed by atoms with Crippen LogP contribution in [-0.2, 0) is 4.79 Å². The summed E-state index contributed by atoms with van der Waals surface area (Å²) in [7, 11) is 1.74. The normalized spacial score (nSPS) is 13.7. The number of rotatable bonds is 6. The van der Waals surface area contributed by atoms with Gasteiger partial charge in [0, 0.05) is 13.6 Å². The summed E-state index contributed by atoms with van der Waals surface area (Å²) < 4.78 is 0. The van der Waals surface area contributed by atoms with E-state index < -0.39 is 5.92 Å². The minimum atomic E-state index is -0.554. The van der Waals surface area contributed by atoms with Gasteiger partial charge in [-0.05, 0) is 13.3 Å². The van der Waals surface area contributed by atoms with Gasteiger partial charge in [0.2, 0.25) is 5.91 Å². The van der Waals surface area contributed by atoms with Gasteiger partial charge < -0.3 is 15.8 Å². The minimum absolute atomic E-state index is 0.0395. The third kappa shape index (κ3) is 4.67. The fourth-order valence-electron chi connectivity index (χ4n) is 1.25. The monoisotopic (exact) mass is 215 g/mol. The molecule has 0 aliphatic rings. The highest BCUT2D eigenvalue weighted by atomic mass is 16.4. The summed E-state index contributed by atoms with van der Waals surface area (Å²) >= 11 is 0. The number of hydrogen-bond acceptors (Lipinski definition) is 3. The number of amides is 1. The standard InChI is InChI=1S/C10H21N3O2/c1-4-5-6-7-13(3)10(14)8(2)9(11)12-15/h8,15H,4-7H2,1-3H3,(H2,11,12). The lowest BCUT2D eigenvalue weighted by molar-refractivity contribution is -0.131. The zero-order chi connectivity index (χ0) is 11.8. The summed E-state index contributed by atoms with van der Waals surface area (Å²) in [6.45, 7) is 4.46. The number of nitrogens with two attached hydrogens (primary N) is 1. The zero-order valence-electron chi connectivity index (χ0n) is 9.73. The Labute approximate surface area is 90.9 Å². The highest BCUT2D eigenvalue weighted by molar-refractivity contribution is 6.01. The lowest BCUT2D eigenvalue weighted by Crippen LogP contribution is -2.38. The average molecular weight is 215 g/mol. The molecule has 3 N–H and O–H groups in total. The molecule has 1 atom stereocenters. The van der Waals surface area contributed by atoms with Crippen molar-refractivity contribution in [1.82, 2.24) is 4.90 Å². The molecule has 88 valence electrons. The van der Waals surface area contributed by atoms with Gasteiger partial charge in [-0.3, -0.25) is 4.79 Å². The van der Waals surface area contributed by atoms with Crippen LogP contribution in [0.1, 0.15) is 33.1 Å². The van der Waals surface area contributed by atoms with Crippen LogP contribution in [0.2, 0.25) is 0 Å². The molecule has 0 spiro atoms. The Morgan fingerprint density at radius 2 is 2.13 bits per heavy atom. The van der Waals surface area contributed by atoms with Crippen molar-refractivity contribution in [2.45, 2.75) is 33.1 Å². The number of nitrogens with zero attached hydrogens (tertiary/aromatic N) is 2. The molecule has 1 amide bonds. The molecular formula is C10H21N3O2. The molecule has 0 aromatic rings. The first-order valence-corrected chi connectivity index (χ1v) is 5.27. The molecule has 0 aromatic heterocycles. The largest absolute Gasteiger partial charge is 0.409 e. The van der Waals surface area contributed by atoms with Crippen LogP contribution in [0.5, 0.6) is 0 Å². The minimum Gasteiger partial charge on any atom is -0.409 e. The van der Waals surface area contributed by atoms with E-state index in [9.17, 15) is 4.79 Å². The number of amidine groups is 1. The Morgan fingerprint density at radius 1 is 1.53 bits per heavy atom. The Morgan fingerprint density at radius 3 is 2.60 bits per heavy atom. The molecule has 0 saturated carbocycles. The van der Waals surface area contributed by atoms with E-state index in [0.29, 0.717) is 0 Å². The molecular weight excluding hydrogens is 194 g/mol. The zero-order valence-corrected chi connectivity index (χ0v) is 9.73. The van der Waals surface area contributed by atoms with Crippen molar-refractivity contribution in [1.29, 1.82) is 0 Å². The summed E-state index contributed by atoms with van der Waals surface area (Å²) in [4.78, 5) is 13.3. The summed E-state index contributed by atoms with van der Waals surface area (Å²) in [5.74, 6) is -0.703. The van der Waals surface area contributed by atoms with Gasteiger partial charge >= 0.3 is 0 Å². The molecule has 15 heavy (non-hydrogen) atoms. The Hall–Kier alpha value is -1.26. The Bertz CT molecular complexity index is 229. The predicted molar refractivity (Wildman–Crippen MR) is 59.7 cm³/mol. The highest BCUT2D eigenvalue weighted by Crippen LogP contribution is 2.03. The van der Waals surface area contributed by atoms with Gasteiger partial charge in [-0.1, -0.05) is 24.9 Å². The van der Waals surface area contributed by atoms with Gasteiger partial charge in [-0.25, -0.2) is 0 Å². The summed E-state index contributed by atoms with van der Waals surface area (Å²) in [6, 6.07) is 0. The third-order valence-electron chi connectivity index (χ3n) is 2.40. The third-order valence-corrected chi connectivity index (χ3v) is 2.40. The van der Waals surface area contributed by atoms with E-state index in [2.05, 4.69) is 12.1 Å². The van der Waals surface area contributed by atoms with Crippen molar-refractivity contribution in [2.75, 3.05) is 13.6 Å². The molecule has 5 nitrogen and oxygen atoms in total. The fourth-order valence-corrected chi connectivity index (χ4v) is 1.25. The van der Waals surface area contributed by atoms with E-state index in [4.69, 9.17) is 10.9 Å². The average Bonchev–Trinajstić information content (AvgIpc) is 2.26. The highest BCUT2D eigenvalue weighted by Gasteiger charge is 2.20. The number of unbranched alkanes of at least 4 members (excludes halogenated alkanes) is 2. The van der Waals surface area contributed by atoms with E-state index in [1.165, 1.54) is 0 Å². The maximum atomic E-state index is 11.7. The summed E-state index contributed by atoms with van der Waals surface area (Å²) in [5.41, 5.74) is 5.36. The topological polar surface area (TPSA) is 78.9 Å². The SMILES string of the molecule is CCCCCN(C)C(=O)C(C)C(N)=NO. The van der Waals surface area contributed by atoms with Gasteiger partial charge in [0.1, 0.15) is 0 Å². The maximum Gasteiger partial charge on any atom is 0.232 e. The van der Waals surface area contributed by atoms with Crippen LogP contribution in [0.3, 0.4) is 0 Å². The molecule has 1 unspecified atom stereocenters. The second-order valence-corrected chi connectivity index (χ2v) is 3.71. The fraction of sp³-hybridized carbons (Fsp3) is 0.800. The van der Waals surface area contributed by atoms with E-state index in [-0.39, 0.29) is 11.7 Å². The van der Waals surface area contributed by atoms with Crippen LogP contribution >= 0.6 is 0 Å². The molecule has 0 heterocycles. The number of hydrogen-bond donors (Lipinski definition) is 2. The number of carbonyl (C=O) groups is 1. The molecule has 0 aliphatic heterocycles. The lowest BCUT2D eigenvalue weighted by Gasteiger charge is -2.20. The van der Waals surface area contributed by atoms with Crippen LogP contribution in [0, 0.1) is 5.92 Å². The van der Waals surface area contributed by atoms with Crippen molar-refractivity contribution < 1.29 is 10.0 Å². The second-order valence-electron chi connectivity index (χ2n) is 3.71. The van der Waals surface area contributed by atoms with Gasteiger partial charge in [0.15, 0.2) is 5.84 Å². The first-order valence-electron chi connectivity index (χ1n) is 5.27. The maximum absolute atomic E-state index is 11.7. The van der Waals surface area contributed by atoms with E-state index >= 15 is 0 Å². The van der Waals surface area contributed by atoms with Crippen LogP contribution in [0.4, 0.5) is 0 Å². The smallest absolute Gasteiger partial charge is 0.232 e. The van der Waals surface area contributed by atoms with Crippen molar-refractivity contribution in [2.24, 2.45) is 16.8 Å². The number of carbonyl (C=O) groups excluding carboxylic acids is 1. The molecule has 0 fully saturated rings. The molecule has 0 radical (unpaired) electrons. The lowest BCUT2D eigenvalue weighted by atomic mass is 10.1. The van der Waals surface area contributed by atoms with Gasteiger partial charge in [0.05, 0.1) is 5.92 Å². The summed E-state index contributed by atoms with van der Waals surface area (Å²) in [5, 5.41) is 11.3. The second kappa shape index (κ2) is 7.09. The van der Waals surface area contributed by atoms with Gasteiger partial charge in [-0.2, -0.15) is 0 Å². The van der Waals surface area contributed by atoms with Gasteiger partial charge in [0.25, 0.3) is 0 Å². The Balaban J connectivity index is 4.08. The molecule has 0 aliphatic carbocycles. The summed E-state index contributed by atoms with van der Waals surface area (Å²) in [6.07, 6.45) is 3.22. The van der Waals surface area contributed by atoms with Crippen LogP contribution in [0.25, 0.3) is 0 Å².